The Bertz CT molecular complexity index is 1180. The van der Waals surface area contributed by atoms with Gasteiger partial charge in [-0.3, -0.25) is 9.72 Å². The Hall–Kier alpha value is -3.54. The normalized spacial score (nSPS) is 11.1. The standard InChI is InChI=1S/C22H22N4O2/c1-3-12-28-22(27)24-16-9-8-15-10-11-26-20(23)19(25-21(26)18(15)13-16)17-7-5-4-6-14(17)2/h4-11,13H,3,12,23H2,1-2H3,(H,24,27). The summed E-state index contributed by atoms with van der Waals surface area (Å²) in [5, 5.41) is 4.69. The highest BCUT2D eigenvalue weighted by Gasteiger charge is 2.15. The van der Waals surface area contributed by atoms with Gasteiger partial charge in [-0.1, -0.05) is 37.3 Å². The number of pyridine rings is 1. The Morgan fingerprint density at radius 1 is 1.21 bits per heavy atom. The van der Waals surface area contributed by atoms with E-state index < -0.39 is 6.09 Å². The summed E-state index contributed by atoms with van der Waals surface area (Å²) < 4.78 is 6.98. The third-order valence-corrected chi connectivity index (χ3v) is 4.73. The highest BCUT2D eigenvalue weighted by molar-refractivity contribution is 6.00. The van der Waals surface area contributed by atoms with Crippen LogP contribution in [0.1, 0.15) is 18.9 Å². The van der Waals surface area contributed by atoms with Crippen molar-refractivity contribution in [1.82, 2.24) is 9.38 Å². The number of ether oxygens (including phenoxy) is 1. The summed E-state index contributed by atoms with van der Waals surface area (Å²) in [6.45, 7) is 4.38. The fourth-order valence-electron chi connectivity index (χ4n) is 3.30. The zero-order chi connectivity index (χ0) is 19.7. The molecular weight excluding hydrogens is 352 g/mol. The van der Waals surface area contributed by atoms with Crippen LogP contribution in [0, 0.1) is 6.92 Å². The molecule has 1 amide bonds. The van der Waals surface area contributed by atoms with E-state index in [4.69, 9.17) is 15.5 Å². The first-order chi connectivity index (χ1) is 13.6. The molecule has 0 bridgehead atoms. The lowest BCUT2D eigenvalue weighted by molar-refractivity contribution is 0.161. The maximum absolute atomic E-state index is 11.9. The zero-order valence-electron chi connectivity index (χ0n) is 15.9. The maximum Gasteiger partial charge on any atom is 0.411 e. The van der Waals surface area contributed by atoms with E-state index in [2.05, 4.69) is 5.32 Å². The summed E-state index contributed by atoms with van der Waals surface area (Å²) in [6.07, 6.45) is 2.24. The molecule has 28 heavy (non-hydrogen) atoms. The van der Waals surface area contributed by atoms with Gasteiger partial charge in [-0.2, -0.15) is 0 Å². The smallest absolute Gasteiger partial charge is 0.411 e. The monoisotopic (exact) mass is 374 g/mol. The van der Waals surface area contributed by atoms with Crippen LogP contribution in [0.3, 0.4) is 0 Å². The topological polar surface area (TPSA) is 81.6 Å². The quantitative estimate of drug-likeness (QED) is 0.526. The number of hydrogen-bond acceptors (Lipinski definition) is 4. The van der Waals surface area contributed by atoms with Gasteiger partial charge in [0.2, 0.25) is 0 Å². The molecule has 2 aromatic carbocycles. The first kappa shape index (κ1) is 17.9. The number of fused-ring (bicyclic) bond motifs is 3. The molecule has 0 atom stereocenters. The minimum absolute atomic E-state index is 0.389. The van der Waals surface area contributed by atoms with Crippen LogP contribution in [0.5, 0.6) is 0 Å². The summed E-state index contributed by atoms with van der Waals surface area (Å²) in [6, 6.07) is 15.7. The van der Waals surface area contributed by atoms with Gasteiger partial charge in [0.1, 0.15) is 17.2 Å². The molecule has 2 heterocycles. The summed E-state index contributed by atoms with van der Waals surface area (Å²) in [4.78, 5) is 16.7. The molecule has 0 saturated carbocycles. The number of rotatable bonds is 4. The second kappa shape index (κ2) is 7.23. The van der Waals surface area contributed by atoms with Crippen LogP contribution in [0.4, 0.5) is 16.3 Å². The van der Waals surface area contributed by atoms with Gasteiger partial charge >= 0.3 is 6.09 Å². The van der Waals surface area contributed by atoms with Crippen LogP contribution in [0.15, 0.2) is 54.7 Å². The molecule has 142 valence electrons. The van der Waals surface area contributed by atoms with Crippen LogP contribution in [0.25, 0.3) is 27.7 Å². The minimum atomic E-state index is -0.461. The highest BCUT2D eigenvalue weighted by Crippen LogP contribution is 2.32. The molecule has 0 radical (unpaired) electrons. The molecule has 0 aliphatic carbocycles. The number of nitrogens with one attached hydrogen (secondary N) is 1. The fraction of sp³-hybridized carbons (Fsp3) is 0.182. The molecule has 0 saturated heterocycles. The van der Waals surface area contributed by atoms with Crippen molar-refractivity contribution in [1.29, 1.82) is 0 Å². The van der Waals surface area contributed by atoms with Gasteiger partial charge in [0.05, 0.1) is 6.61 Å². The number of nitrogen functional groups attached to an aromatic ring is 1. The van der Waals surface area contributed by atoms with Gasteiger partial charge in [0.15, 0.2) is 0 Å². The summed E-state index contributed by atoms with van der Waals surface area (Å²) in [5.74, 6) is 0.590. The van der Waals surface area contributed by atoms with Crippen LogP contribution in [0.2, 0.25) is 0 Å². The largest absolute Gasteiger partial charge is 0.449 e. The van der Waals surface area contributed by atoms with Crippen molar-refractivity contribution in [3.8, 4) is 11.3 Å². The molecular formula is C22H22N4O2. The third kappa shape index (κ3) is 3.13. The van der Waals surface area contributed by atoms with Crippen molar-refractivity contribution in [2.75, 3.05) is 17.7 Å². The number of hydrogen-bond donors (Lipinski definition) is 2. The van der Waals surface area contributed by atoms with Crippen molar-refractivity contribution in [3.63, 3.8) is 0 Å². The summed E-state index contributed by atoms with van der Waals surface area (Å²) >= 11 is 0. The van der Waals surface area contributed by atoms with Crippen molar-refractivity contribution in [2.24, 2.45) is 0 Å². The molecule has 0 unspecified atom stereocenters. The minimum Gasteiger partial charge on any atom is -0.449 e. The van der Waals surface area contributed by atoms with Gasteiger partial charge in [0, 0.05) is 22.8 Å². The second-order valence-corrected chi connectivity index (χ2v) is 6.73. The van der Waals surface area contributed by atoms with Crippen LogP contribution >= 0.6 is 0 Å². The number of benzene rings is 2. The first-order valence-electron chi connectivity index (χ1n) is 9.28. The number of nitrogens with zero attached hydrogens (tertiary/aromatic N) is 2. The molecule has 3 N–H and O–H groups in total. The molecule has 4 rings (SSSR count). The van der Waals surface area contributed by atoms with E-state index in [1.807, 2.05) is 73.0 Å². The predicted octanol–water partition coefficient (Wildman–Crippen LogP) is 5.00. The van der Waals surface area contributed by atoms with Crippen molar-refractivity contribution in [2.45, 2.75) is 20.3 Å². The zero-order valence-corrected chi connectivity index (χ0v) is 15.9. The summed E-state index contributed by atoms with van der Waals surface area (Å²) in [7, 11) is 0. The van der Waals surface area contributed by atoms with Gasteiger partial charge in [0.25, 0.3) is 0 Å². The van der Waals surface area contributed by atoms with Gasteiger partial charge in [-0.25, -0.2) is 9.78 Å². The van der Waals surface area contributed by atoms with E-state index in [-0.39, 0.29) is 0 Å². The average Bonchev–Trinajstić information content (AvgIpc) is 3.04. The Morgan fingerprint density at radius 2 is 2.04 bits per heavy atom. The lowest BCUT2D eigenvalue weighted by Crippen LogP contribution is -2.13. The predicted molar refractivity (Wildman–Crippen MR) is 113 cm³/mol. The molecule has 0 fully saturated rings. The van der Waals surface area contributed by atoms with Crippen molar-refractivity contribution in [3.05, 3.63) is 60.3 Å². The fourth-order valence-corrected chi connectivity index (χ4v) is 3.30. The van der Waals surface area contributed by atoms with E-state index in [0.717, 1.165) is 39.7 Å². The van der Waals surface area contributed by atoms with E-state index >= 15 is 0 Å². The molecule has 6 heteroatoms. The number of anilines is 2. The Balaban J connectivity index is 1.82. The number of carbonyl (C=O) groups excluding carboxylic acids is 1. The number of carbonyl (C=O) groups is 1. The van der Waals surface area contributed by atoms with Gasteiger partial charge in [-0.05, 0) is 42.5 Å². The average molecular weight is 374 g/mol. The number of nitrogens with two attached hydrogens (primary N) is 1. The SMILES string of the molecule is CCCOC(=O)Nc1ccc2ccn3c(N)c(-c4ccccc4C)nc3c2c1. The molecule has 0 aliphatic rings. The number of aryl methyl sites for hydroxylation is 1. The number of imidazole rings is 1. The number of amides is 1. The van der Waals surface area contributed by atoms with E-state index in [1.165, 1.54) is 0 Å². The second-order valence-electron chi connectivity index (χ2n) is 6.73. The van der Waals surface area contributed by atoms with Gasteiger partial charge < -0.3 is 10.5 Å². The molecule has 6 nitrogen and oxygen atoms in total. The first-order valence-corrected chi connectivity index (χ1v) is 9.28. The Labute approximate surface area is 162 Å². The van der Waals surface area contributed by atoms with Crippen LogP contribution < -0.4 is 11.1 Å². The molecule has 4 aromatic rings. The lowest BCUT2D eigenvalue weighted by Gasteiger charge is -2.08. The van der Waals surface area contributed by atoms with Crippen LogP contribution in [-0.2, 0) is 4.74 Å². The lowest BCUT2D eigenvalue weighted by atomic mass is 10.1. The number of aromatic nitrogens is 2. The van der Waals surface area contributed by atoms with Crippen molar-refractivity contribution >= 4 is 34.0 Å². The van der Waals surface area contributed by atoms with Crippen molar-refractivity contribution < 1.29 is 9.53 Å². The maximum atomic E-state index is 11.9. The van der Waals surface area contributed by atoms with E-state index in [0.29, 0.717) is 18.1 Å². The Morgan fingerprint density at radius 3 is 2.82 bits per heavy atom. The highest BCUT2D eigenvalue weighted by atomic mass is 16.5. The molecule has 2 aromatic heterocycles. The van der Waals surface area contributed by atoms with Gasteiger partial charge in [-0.15, -0.1) is 0 Å². The van der Waals surface area contributed by atoms with Crippen LogP contribution in [-0.4, -0.2) is 22.1 Å². The molecule has 0 aliphatic heterocycles. The third-order valence-electron chi connectivity index (χ3n) is 4.73. The van der Waals surface area contributed by atoms with E-state index in [9.17, 15) is 4.79 Å². The molecule has 0 spiro atoms. The Kier molecular flexibility index (Phi) is 4.61. The van der Waals surface area contributed by atoms with E-state index in [1.54, 1.807) is 0 Å². The summed E-state index contributed by atoms with van der Waals surface area (Å²) in [5.41, 5.74) is 10.7.